The topological polar surface area (TPSA) is 43.4 Å². The number of benzene rings is 5. The minimum Gasteiger partial charge on any atom is -0.459 e. The number of hydrogen-bond donors (Lipinski definition) is 0. The van der Waals surface area contributed by atoms with Crippen molar-refractivity contribution >= 4 is 11.8 Å². The molecular weight excluding hydrogens is 549 g/mol. The summed E-state index contributed by atoms with van der Waals surface area (Å²) >= 11 is 0. The maximum atomic E-state index is 13.0. The maximum absolute atomic E-state index is 13.0. The molecule has 0 spiro atoms. The average molecular weight is 579 g/mol. The Balaban J connectivity index is 1.24. The van der Waals surface area contributed by atoms with Gasteiger partial charge in [-0.25, -0.2) is 4.79 Å². The van der Waals surface area contributed by atoms with Crippen LogP contribution in [0, 0.1) is 0 Å². The van der Waals surface area contributed by atoms with E-state index in [1.807, 2.05) is 74.5 Å². The molecule has 5 rings (SSSR count). The van der Waals surface area contributed by atoms with Crippen LogP contribution in [0.4, 0.5) is 13.2 Å². The molecule has 0 amide bonds. The summed E-state index contributed by atoms with van der Waals surface area (Å²) < 4.78 is 43.9. The highest BCUT2D eigenvalue weighted by Gasteiger charge is 2.30. The first-order chi connectivity index (χ1) is 20.6. The molecule has 5 aromatic carbocycles. The van der Waals surface area contributed by atoms with Crippen molar-refractivity contribution in [3.05, 3.63) is 144 Å². The number of carbonyl (C=O) groups excluding carboxylic acids is 2. The number of rotatable bonds is 8. The van der Waals surface area contributed by atoms with Gasteiger partial charge in [-0.3, -0.25) is 4.79 Å². The number of hydrogen-bond acceptors (Lipinski definition) is 3. The maximum Gasteiger partial charge on any atom is 0.416 e. The van der Waals surface area contributed by atoms with Crippen LogP contribution in [0.3, 0.4) is 0 Å². The van der Waals surface area contributed by atoms with Crippen LogP contribution in [-0.2, 0) is 10.9 Å². The number of halogens is 3. The number of ether oxygens (including phenoxy) is 1. The third-order valence-electron chi connectivity index (χ3n) is 7.40. The van der Waals surface area contributed by atoms with Crippen LogP contribution in [0.2, 0.25) is 0 Å². The summed E-state index contributed by atoms with van der Waals surface area (Å²) in [6, 6.07) is 34.7. The van der Waals surface area contributed by atoms with Crippen LogP contribution in [-0.4, -0.2) is 17.9 Å². The van der Waals surface area contributed by atoms with Gasteiger partial charge in [0.25, 0.3) is 0 Å². The second-order valence-electron chi connectivity index (χ2n) is 10.3. The summed E-state index contributed by atoms with van der Waals surface area (Å²) in [4.78, 5) is 25.2. The lowest BCUT2D eigenvalue weighted by Gasteiger charge is -2.11. The molecule has 0 aliphatic carbocycles. The van der Waals surface area contributed by atoms with Crippen LogP contribution in [0.5, 0.6) is 0 Å². The minimum atomic E-state index is -4.35. The molecule has 0 aromatic heterocycles. The van der Waals surface area contributed by atoms with Gasteiger partial charge in [-0.15, -0.1) is 0 Å². The van der Waals surface area contributed by atoms with E-state index in [-0.39, 0.29) is 11.9 Å². The lowest BCUT2D eigenvalue weighted by molar-refractivity contribution is -0.137. The third-order valence-corrected chi connectivity index (χ3v) is 7.40. The van der Waals surface area contributed by atoms with Crippen LogP contribution < -0.4 is 0 Å². The quantitative estimate of drug-likeness (QED) is 0.136. The predicted octanol–water partition coefficient (Wildman–Crippen LogP) is 9.89. The van der Waals surface area contributed by atoms with Gasteiger partial charge in [0.15, 0.2) is 5.78 Å². The zero-order chi connectivity index (χ0) is 30.6. The van der Waals surface area contributed by atoms with E-state index in [0.29, 0.717) is 16.7 Å². The number of alkyl halides is 3. The van der Waals surface area contributed by atoms with Gasteiger partial charge >= 0.3 is 12.1 Å². The van der Waals surface area contributed by atoms with Gasteiger partial charge in [0.2, 0.25) is 0 Å². The van der Waals surface area contributed by atoms with Gasteiger partial charge in [-0.05, 0) is 71.0 Å². The molecule has 1 atom stereocenters. The Labute approximate surface area is 248 Å². The van der Waals surface area contributed by atoms with Crippen molar-refractivity contribution in [3.8, 4) is 33.4 Å². The molecule has 216 valence electrons. The largest absolute Gasteiger partial charge is 0.459 e. The molecule has 0 saturated heterocycles. The van der Waals surface area contributed by atoms with Gasteiger partial charge in [0.1, 0.15) is 0 Å². The van der Waals surface area contributed by atoms with E-state index in [1.54, 1.807) is 36.4 Å². The molecule has 6 heteroatoms. The fourth-order valence-electron chi connectivity index (χ4n) is 4.63. The Morgan fingerprint density at radius 1 is 0.558 bits per heavy atom. The highest BCUT2D eigenvalue weighted by atomic mass is 19.4. The highest BCUT2D eigenvalue weighted by molar-refractivity contribution is 6.09. The Morgan fingerprint density at radius 2 is 0.860 bits per heavy atom. The Morgan fingerprint density at radius 3 is 1.21 bits per heavy atom. The fourth-order valence-corrected chi connectivity index (χ4v) is 4.63. The molecule has 0 saturated carbocycles. The molecule has 3 nitrogen and oxygen atoms in total. The lowest BCUT2D eigenvalue weighted by Crippen LogP contribution is -2.14. The molecule has 0 N–H and O–H groups in total. The first kappa shape index (κ1) is 29.5. The van der Waals surface area contributed by atoms with Crippen LogP contribution in [0.15, 0.2) is 121 Å². The fraction of sp³-hybridized carbons (Fsp3) is 0.135. The van der Waals surface area contributed by atoms with Crippen molar-refractivity contribution in [1.29, 1.82) is 0 Å². The van der Waals surface area contributed by atoms with E-state index >= 15 is 0 Å². The van der Waals surface area contributed by atoms with Crippen LogP contribution in [0.1, 0.15) is 52.1 Å². The SMILES string of the molecule is CCC(C)OC(=O)c1ccc(C(=O)c2ccc(-c3ccc(-c4ccc(-c5ccc(C(F)(F)F)cc5)cc4)cc3)cc2)cc1. The second kappa shape index (κ2) is 12.5. The van der Waals surface area contributed by atoms with Gasteiger partial charge in [-0.2, -0.15) is 13.2 Å². The Hall–Kier alpha value is -4.97. The van der Waals surface area contributed by atoms with Crippen LogP contribution >= 0.6 is 0 Å². The molecule has 43 heavy (non-hydrogen) atoms. The summed E-state index contributed by atoms with van der Waals surface area (Å²) in [6.07, 6.45) is -3.79. The van der Waals surface area contributed by atoms with E-state index in [9.17, 15) is 22.8 Å². The summed E-state index contributed by atoms with van der Waals surface area (Å²) in [5, 5.41) is 0. The van der Waals surface area contributed by atoms with Gasteiger partial charge in [-0.1, -0.05) is 104 Å². The third kappa shape index (κ3) is 6.92. The number of ketones is 1. The van der Waals surface area contributed by atoms with Crippen LogP contribution in [0.25, 0.3) is 33.4 Å². The van der Waals surface area contributed by atoms with Crippen molar-refractivity contribution in [3.63, 3.8) is 0 Å². The Bertz CT molecular complexity index is 1700. The van der Waals surface area contributed by atoms with E-state index in [0.717, 1.165) is 51.9 Å². The van der Waals surface area contributed by atoms with Gasteiger partial charge < -0.3 is 4.74 Å². The van der Waals surface area contributed by atoms with E-state index in [2.05, 4.69) is 0 Å². The minimum absolute atomic E-state index is 0.136. The zero-order valence-electron chi connectivity index (χ0n) is 23.7. The van der Waals surface area contributed by atoms with Crippen molar-refractivity contribution in [2.45, 2.75) is 32.5 Å². The van der Waals surface area contributed by atoms with E-state index in [4.69, 9.17) is 4.74 Å². The van der Waals surface area contributed by atoms with Crippen molar-refractivity contribution in [2.24, 2.45) is 0 Å². The summed E-state index contributed by atoms with van der Waals surface area (Å²) in [6.45, 7) is 3.78. The molecule has 0 radical (unpaired) electrons. The molecule has 1 unspecified atom stereocenters. The molecular formula is C37H29F3O3. The van der Waals surface area contributed by atoms with E-state index in [1.165, 1.54) is 12.1 Å². The smallest absolute Gasteiger partial charge is 0.416 e. The zero-order valence-corrected chi connectivity index (χ0v) is 23.7. The molecule has 0 aliphatic rings. The second-order valence-corrected chi connectivity index (χ2v) is 10.3. The van der Waals surface area contributed by atoms with Gasteiger partial charge in [0, 0.05) is 11.1 Å². The normalized spacial score (nSPS) is 12.0. The molecule has 5 aromatic rings. The molecule has 0 aliphatic heterocycles. The van der Waals surface area contributed by atoms with Crippen molar-refractivity contribution in [1.82, 2.24) is 0 Å². The standard InChI is InChI=1S/C37H29F3O3/c1-3-24(2)43-36(42)33-18-16-32(17-19-33)35(41)31-14-12-29(13-15-31)27-6-4-25(5-7-27)26-8-10-28(11-9-26)30-20-22-34(23-21-30)37(38,39)40/h4-24H,3H2,1-2H3. The molecule has 0 heterocycles. The van der Waals surface area contributed by atoms with Crippen molar-refractivity contribution < 1.29 is 27.5 Å². The summed E-state index contributed by atoms with van der Waals surface area (Å²) in [7, 11) is 0. The predicted molar refractivity (Wildman–Crippen MR) is 163 cm³/mol. The summed E-state index contributed by atoms with van der Waals surface area (Å²) in [5.41, 5.74) is 6.28. The highest BCUT2D eigenvalue weighted by Crippen LogP contribution is 2.32. The van der Waals surface area contributed by atoms with Crippen molar-refractivity contribution in [2.75, 3.05) is 0 Å². The molecule has 0 bridgehead atoms. The number of carbonyl (C=O) groups is 2. The lowest BCUT2D eigenvalue weighted by atomic mass is 9.96. The number of esters is 1. The van der Waals surface area contributed by atoms with Gasteiger partial charge in [0.05, 0.1) is 17.2 Å². The van der Waals surface area contributed by atoms with E-state index < -0.39 is 17.7 Å². The average Bonchev–Trinajstić information content (AvgIpc) is 3.04. The monoisotopic (exact) mass is 578 g/mol. The first-order valence-corrected chi connectivity index (χ1v) is 14.0. The molecule has 0 fully saturated rings. The summed E-state index contributed by atoms with van der Waals surface area (Å²) in [5.74, 6) is -0.539. The first-order valence-electron chi connectivity index (χ1n) is 14.0. The Kier molecular flexibility index (Phi) is 8.58.